The highest BCUT2D eigenvalue weighted by Gasteiger charge is 2.18. The van der Waals surface area contributed by atoms with Gasteiger partial charge < -0.3 is 4.74 Å². The highest BCUT2D eigenvalue weighted by atomic mass is 32.2. The van der Waals surface area contributed by atoms with E-state index in [1.165, 1.54) is 30.5 Å². The van der Waals surface area contributed by atoms with E-state index in [-0.39, 0.29) is 10.5 Å². The number of carbonyl (C=O) groups is 1. The van der Waals surface area contributed by atoms with Crippen LogP contribution in [0.15, 0.2) is 64.6 Å². The predicted molar refractivity (Wildman–Crippen MR) is 95.8 cm³/mol. The van der Waals surface area contributed by atoms with Crippen molar-refractivity contribution < 1.29 is 17.9 Å². The Morgan fingerprint density at radius 1 is 1.16 bits per heavy atom. The molecule has 0 unspecified atom stereocenters. The van der Waals surface area contributed by atoms with Crippen molar-refractivity contribution in [3.63, 3.8) is 0 Å². The maximum Gasteiger partial charge on any atom is 0.272 e. The Kier molecular flexibility index (Phi) is 6.04. The van der Waals surface area contributed by atoms with Crippen LogP contribution in [0.3, 0.4) is 0 Å². The molecule has 2 aromatic rings. The SMILES string of the molecule is COc1ccccc1/C=C/C=N\NC(=O)c1ccccc1S(N)(=O)=O. The molecule has 7 nitrogen and oxygen atoms in total. The summed E-state index contributed by atoms with van der Waals surface area (Å²) in [6.45, 7) is 0. The third kappa shape index (κ3) is 5.00. The first-order chi connectivity index (χ1) is 11.9. The number of hydrazone groups is 1. The molecule has 0 aliphatic heterocycles. The topological polar surface area (TPSA) is 111 Å². The highest BCUT2D eigenvalue weighted by Crippen LogP contribution is 2.18. The fraction of sp³-hybridized carbons (Fsp3) is 0.0588. The molecule has 0 saturated carbocycles. The molecule has 0 aliphatic carbocycles. The Morgan fingerprint density at radius 2 is 1.84 bits per heavy atom. The van der Waals surface area contributed by atoms with Gasteiger partial charge in [-0.2, -0.15) is 5.10 Å². The van der Waals surface area contributed by atoms with Gasteiger partial charge in [-0.05, 0) is 30.4 Å². The van der Waals surface area contributed by atoms with Crippen LogP contribution in [0.2, 0.25) is 0 Å². The lowest BCUT2D eigenvalue weighted by Crippen LogP contribution is -2.23. The average Bonchev–Trinajstić information content (AvgIpc) is 2.61. The number of carbonyl (C=O) groups excluding carboxylic acids is 1. The summed E-state index contributed by atoms with van der Waals surface area (Å²) in [6.07, 6.45) is 4.74. The van der Waals surface area contributed by atoms with Crippen LogP contribution in [-0.2, 0) is 10.0 Å². The van der Waals surface area contributed by atoms with Gasteiger partial charge in [0.15, 0.2) is 0 Å². The molecule has 0 spiro atoms. The second kappa shape index (κ2) is 8.22. The maximum absolute atomic E-state index is 12.1. The standard InChI is InChI=1S/C17H17N3O4S/c1-24-15-10-4-2-7-13(15)8-6-12-19-20-17(21)14-9-3-5-11-16(14)25(18,22)23/h2-12H,1H3,(H,20,21)(H2,18,22,23)/b8-6+,19-12-. The van der Waals surface area contributed by atoms with E-state index in [4.69, 9.17) is 9.88 Å². The van der Waals surface area contributed by atoms with E-state index < -0.39 is 15.9 Å². The van der Waals surface area contributed by atoms with Crippen molar-refractivity contribution in [1.29, 1.82) is 0 Å². The van der Waals surface area contributed by atoms with Crippen molar-refractivity contribution >= 4 is 28.2 Å². The molecule has 25 heavy (non-hydrogen) atoms. The quantitative estimate of drug-likeness (QED) is 0.605. The number of allylic oxidation sites excluding steroid dienone is 1. The second-order valence-electron chi connectivity index (χ2n) is 4.86. The van der Waals surface area contributed by atoms with Crippen LogP contribution < -0.4 is 15.3 Å². The molecule has 2 rings (SSSR count). The summed E-state index contributed by atoms with van der Waals surface area (Å²) in [5.74, 6) is 0.0323. The van der Waals surface area contributed by atoms with Gasteiger partial charge in [-0.15, -0.1) is 0 Å². The van der Waals surface area contributed by atoms with E-state index in [9.17, 15) is 13.2 Å². The molecular formula is C17H17N3O4S. The summed E-state index contributed by atoms with van der Waals surface area (Å²) in [6, 6.07) is 13.0. The molecule has 0 fully saturated rings. The van der Waals surface area contributed by atoms with Crippen molar-refractivity contribution in [1.82, 2.24) is 5.43 Å². The van der Waals surface area contributed by atoms with E-state index in [0.29, 0.717) is 5.75 Å². The summed E-state index contributed by atoms with van der Waals surface area (Å²) in [7, 11) is -2.42. The van der Waals surface area contributed by atoms with Crippen molar-refractivity contribution in [3.8, 4) is 5.75 Å². The van der Waals surface area contributed by atoms with E-state index >= 15 is 0 Å². The normalized spacial score (nSPS) is 11.8. The Labute approximate surface area is 145 Å². The van der Waals surface area contributed by atoms with E-state index in [0.717, 1.165) is 5.56 Å². The van der Waals surface area contributed by atoms with Crippen molar-refractivity contribution in [2.24, 2.45) is 10.2 Å². The molecule has 0 aliphatic rings. The van der Waals surface area contributed by atoms with Crippen molar-refractivity contribution in [2.75, 3.05) is 7.11 Å². The molecule has 130 valence electrons. The summed E-state index contributed by atoms with van der Waals surface area (Å²) < 4.78 is 28.2. The van der Waals surface area contributed by atoms with Crippen LogP contribution in [0.25, 0.3) is 6.08 Å². The van der Waals surface area contributed by atoms with Gasteiger partial charge in [0.05, 0.1) is 17.6 Å². The molecule has 0 aromatic heterocycles. The molecule has 0 heterocycles. The highest BCUT2D eigenvalue weighted by molar-refractivity contribution is 7.89. The minimum absolute atomic E-state index is 0.0733. The monoisotopic (exact) mass is 359 g/mol. The Morgan fingerprint density at radius 3 is 2.56 bits per heavy atom. The zero-order valence-corrected chi connectivity index (χ0v) is 14.2. The van der Waals surface area contributed by atoms with E-state index in [1.54, 1.807) is 19.3 Å². The van der Waals surface area contributed by atoms with Gasteiger partial charge in [0, 0.05) is 11.8 Å². The first-order valence-corrected chi connectivity index (χ1v) is 8.73. The largest absolute Gasteiger partial charge is 0.496 e. The number of rotatable bonds is 6. The number of amides is 1. The summed E-state index contributed by atoms with van der Waals surface area (Å²) in [5.41, 5.74) is 3.03. The molecule has 0 bridgehead atoms. The first-order valence-electron chi connectivity index (χ1n) is 7.18. The number of sulfonamides is 1. The lowest BCUT2D eigenvalue weighted by atomic mass is 10.2. The molecule has 0 saturated heterocycles. The number of benzene rings is 2. The van der Waals surface area contributed by atoms with Gasteiger partial charge in [0.2, 0.25) is 10.0 Å². The van der Waals surface area contributed by atoms with Gasteiger partial charge in [0.25, 0.3) is 5.91 Å². The predicted octanol–water partition coefficient (Wildman–Crippen LogP) is 1.77. The molecule has 3 N–H and O–H groups in total. The molecule has 1 amide bonds. The minimum Gasteiger partial charge on any atom is -0.496 e. The van der Waals surface area contributed by atoms with E-state index in [1.807, 2.05) is 24.3 Å². The zero-order valence-electron chi connectivity index (χ0n) is 13.4. The lowest BCUT2D eigenvalue weighted by Gasteiger charge is -2.05. The second-order valence-corrected chi connectivity index (χ2v) is 6.39. The number of hydrogen-bond donors (Lipinski definition) is 2. The zero-order chi connectivity index (χ0) is 18.3. The smallest absolute Gasteiger partial charge is 0.272 e. The fourth-order valence-electron chi connectivity index (χ4n) is 2.05. The van der Waals surface area contributed by atoms with Crippen LogP contribution in [0.4, 0.5) is 0 Å². The number of nitrogens with zero attached hydrogens (tertiary/aromatic N) is 1. The number of primary sulfonamides is 1. The van der Waals surface area contributed by atoms with Crippen molar-refractivity contribution in [2.45, 2.75) is 4.90 Å². The Balaban J connectivity index is 2.06. The van der Waals surface area contributed by atoms with Gasteiger partial charge in [-0.1, -0.05) is 30.3 Å². The van der Waals surface area contributed by atoms with Crippen LogP contribution in [0.5, 0.6) is 5.75 Å². The van der Waals surface area contributed by atoms with Gasteiger partial charge >= 0.3 is 0 Å². The maximum atomic E-state index is 12.1. The van der Waals surface area contributed by atoms with Gasteiger partial charge in [-0.25, -0.2) is 19.0 Å². The molecular weight excluding hydrogens is 342 g/mol. The third-order valence-corrected chi connectivity index (χ3v) is 4.15. The fourth-order valence-corrected chi connectivity index (χ4v) is 2.79. The van der Waals surface area contributed by atoms with E-state index in [2.05, 4.69) is 10.5 Å². The third-order valence-electron chi connectivity index (χ3n) is 3.18. The van der Waals surface area contributed by atoms with Gasteiger partial charge in [-0.3, -0.25) is 4.79 Å². The number of nitrogens with two attached hydrogens (primary N) is 1. The number of para-hydroxylation sites is 1. The first kappa shape index (κ1) is 18.4. The molecule has 0 atom stereocenters. The number of hydrogen-bond acceptors (Lipinski definition) is 5. The Bertz CT molecular complexity index is 921. The Hall–Kier alpha value is -2.97. The molecule has 2 aromatic carbocycles. The number of ether oxygens (including phenoxy) is 1. The van der Waals surface area contributed by atoms with Crippen LogP contribution in [-0.4, -0.2) is 27.6 Å². The van der Waals surface area contributed by atoms with Crippen LogP contribution in [0.1, 0.15) is 15.9 Å². The molecule has 8 heteroatoms. The van der Waals surface area contributed by atoms with Crippen LogP contribution in [0, 0.1) is 0 Å². The summed E-state index contributed by atoms with van der Waals surface area (Å²) >= 11 is 0. The number of nitrogens with one attached hydrogen (secondary N) is 1. The molecule has 0 radical (unpaired) electrons. The minimum atomic E-state index is -4.00. The van der Waals surface area contributed by atoms with Crippen LogP contribution >= 0.6 is 0 Å². The number of methoxy groups -OCH3 is 1. The average molecular weight is 359 g/mol. The van der Waals surface area contributed by atoms with Crippen molar-refractivity contribution in [3.05, 3.63) is 65.7 Å². The lowest BCUT2D eigenvalue weighted by molar-refractivity contribution is 0.0952. The van der Waals surface area contributed by atoms with Gasteiger partial charge in [0.1, 0.15) is 5.75 Å². The summed E-state index contributed by atoms with van der Waals surface area (Å²) in [4.78, 5) is 11.8. The summed E-state index contributed by atoms with van der Waals surface area (Å²) in [5, 5.41) is 8.85.